The first-order valence-electron chi connectivity index (χ1n) is 5.79. The molecule has 1 aliphatic heterocycles. The summed E-state index contributed by atoms with van der Waals surface area (Å²) in [6.45, 7) is 8.72. The predicted octanol–water partition coefficient (Wildman–Crippen LogP) is 0.495. The van der Waals surface area contributed by atoms with Crippen LogP contribution >= 0.6 is 0 Å². The molecule has 1 aliphatic rings. The molecule has 0 aromatic rings. The van der Waals surface area contributed by atoms with Gasteiger partial charge < -0.3 is 9.80 Å². The van der Waals surface area contributed by atoms with Gasteiger partial charge in [0.2, 0.25) is 5.91 Å². The molecule has 0 aliphatic carbocycles. The van der Waals surface area contributed by atoms with Crippen LogP contribution in [0.4, 0.5) is 0 Å². The average Bonchev–Trinajstić information content (AvgIpc) is 2.55. The number of hydrogen-bond acceptors (Lipinski definition) is 3. The van der Waals surface area contributed by atoms with E-state index in [1.807, 2.05) is 4.90 Å². The molecule has 1 fully saturated rings. The summed E-state index contributed by atoms with van der Waals surface area (Å²) in [5, 5.41) is 3.22. The van der Waals surface area contributed by atoms with Crippen molar-refractivity contribution in [3.63, 3.8) is 0 Å². The Morgan fingerprint density at radius 2 is 2.27 bits per heavy atom. The van der Waals surface area contributed by atoms with Crippen LogP contribution in [0.25, 0.3) is 0 Å². The van der Waals surface area contributed by atoms with Gasteiger partial charge in [-0.2, -0.15) is 0 Å². The summed E-state index contributed by atoms with van der Waals surface area (Å²) in [4.78, 5) is 15.8. The fourth-order valence-electron chi connectivity index (χ4n) is 1.76. The SMILES string of the molecule is CCC1NCC(=O)N1CCN(C)C(C)C. The van der Waals surface area contributed by atoms with Crippen molar-refractivity contribution in [2.75, 3.05) is 26.7 Å². The molecule has 0 aromatic heterocycles. The van der Waals surface area contributed by atoms with E-state index in [9.17, 15) is 4.79 Å². The Balaban J connectivity index is 2.39. The monoisotopic (exact) mass is 213 g/mol. The largest absolute Gasteiger partial charge is 0.325 e. The minimum atomic E-state index is 0.235. The van der Waals surface area contributed by atoms with Crippen molar-refractivity contribution in [3.8, 4) is 0 Å². The highest BCUT2D eigenvalue weighted by Crippen LogP contribution is 2.08. The van der Waals surface area contributed by atoms with Crippen molar-refractivity contribution >= 4 is 5.91 Å². The van der Waals surface area contributed by atoms with Crippen molar-refractivity contribution in [1.29, 1.82) is 0 Å². The Kier molecular flexibility index (Phi) is 4.54. The molecule has 1 heterocycles. The quantitative estimate of drug-likeness (QED) is 0.722. The number of nitrogens with one attached hydrogen (secondary N) is 1. The van der Waals surface area contributed by atoms with Crippen LogP contribution in [0.15, 0.2) is 0 Å². The van der Waals surface area contributed by atoms with Gasteiger partial charge in [-0.25, -0.2) is 0 Å². The van der Waals surface area contributed by atoms with E-state index >= 15 is 0 Å². The van der Waals surface area contributed by atoms with Gasteiger partial charge in [0.05, 0.1) is 12.7 Å². The minimum absolute atomic E-state index is 0.235. The van der Waals surface area contributed by atoms with Gasteiger partial charge >= 0.3 is 0 Å². The first-order valence-corrected chi connectivity index (χ1v) is 5.79. The molecule has 0 saturated carbocycles. The number of carbonyl (C=O) groups is 1. The van der Waals surface area contributed by atoms with E-state index < -0.39 is 0 Å². The van der Waals surface area contributed by atoms with Gasteiger partial charge in [0.25, 0.3) is 0 Å². The van der Waals surface area contributed by atoms with Crippen LogP contribution in [0.2, 0.25) is 0 Å². The number of carbonyl (C=O) groups excluding carboxylic acids is 1. The molecule has 1 saturated heterocycles. The van der Waals surface area contributed by atoms with Crippen LogP contribution in [-0.4, -0.2) is 54.6 Å². The molecule has 0 bridgehead atoms. The summed E-state index contributed by atoms with van der Waals surface area (Å²) in [5.74, 6) is 0.235. The van der Waals surface area contributed by atoms with Crippen molar-refractivity contribution in [2.24, 2.45) is 0 Å². The van der Waals surface area contributed by atoms with Crippen LogP contribution in [0.5, 0.6) is 0 Å². The fourth-order valence-corrected chi connectivity index (χ4v) is 1.76. The molecule has 15 heavy (non-hydrogen) atoms. The van der Waals surface area contributed by atoms with Gasteiger partial charge in [0, 0.05) is 19.1 Å². The van der Waals surface area contributed by atoms with Crippen molar-refractivity contribution < 1.29 is 4.79 Å². The highest BCUT2D eigenvalue weighted by molar-refractivity contribution is 5.80. The van der Waals surface area contributed by atoms with Gasteiger partial charge in [0.15, 0.2) is 0 Å². The second kappa shape index (κ2) is 5.47. The molecule has 1 amide bonds. The molecule has 1 rings (SSSR count). The Morgan fingerprint density at radius 3 is 2.80 bits per heavy atom. The lowest BCUT2D eigenvalue weighted by Gasteiger charge is -2.27. The summed E-state index contributed by atoms with van der Waals surface area (Å²) in [6, 6.07) is 0.538. The maximum atomic E-state index is 11.6. The third-order valence-electron chi connectivity index (χ3n) is 3.15. The van der Waals surface area contributed by atoms with E-state index in [0.717, 1.165) is 19.5 Å². The number of rotatable bonds is 5. The van der Waals surface area contributed by atoms with E-state index in [0.29, 0.717) is 12.6 Å². The van der Waals surface area contributed by atoms with E-state index in [2.05, 4.69) is 38.0 Å². The number of hydrogen-bond donors (Lipinski definition) is 1. The first-order chi connectivity index (χ1) is 7.06. The summed E-state index contributed by atoms with van der Waals surface area (Å²) in [6.07, 6.45) is 1.23. The van der Waals surface area contributed by atoms with E-state index in [1.54, 1.807) is 0 Å². The first kappa shape index (κ1) is 12.5. The van der Waals surface area contributed by atoms with Crippen LogP contribution < -0.4 is 5.32 Å². The Morgan fingerprint density at radius 1 is 1.60 bits per heavy atom. The lowest BCUT2D eigenvalue weighted by molar-refractivity contribution is -0.128. The maximum absolute atomic E-state index is 11.6. The van der Waals surface area contributed by atoms with Gasteiger partial charge in [-0.15, -0.1) is 0 Å². The van der Waals surface area contributed by atoms with Crippen molar-refractivity contribution in [3.05, 3.63) is 0 Å². The van der Waals surface area contributed by atoms with Crippen LogP contribution in [-0.2, 0) is 4.79 Å². The molecule has 1 unspecified atom stereocenters. The molecular formula is C11H23N3O. The van der Waals surface area contributed by atoms with Gasteiger partial charge in [-0.3, -0.25) is 10.1 Å². The Bertz CT molecular complexity index is 218. The molecule has 0 aromatic carbocycles. The minimum Gasteiger partial charge on any atom is -0.325 e. The zero-order chi connectivity index (χ0) is 11.4. The van der Waals surface area contributed by atoms with E-state index in [-0.39, 0.29) is 12.1 Å². The lowest BCUT2D eigenvalue weighted by atomic mass is 10.3. The second-order valence-corrected chi connectivity index (χ2v) is 4.47. The molecular weight excluding hydrogens is 190 g/mol. The molecule has 1 atom stereocenters. The lowest BCUT2D eigenvalue weighted by Crippen LogP contribution is -2.42. The van der Waals surface area contributed by atoms with Crippen molar-refractivity contribution in [2.45, 2.75) is 39.4 Å². The smallest absolute Gasteiger partial charge is 0.237 e. The summed E-state index contributed by atoms with van der Waals surface area (Å²) < 4.78 is 0. The van der Waals surface area contributed by atoms with Gasteiger partial charge in [-0.05, 0) is 27.3 Å². The fraction of sp³-hybridized carbons (Fsp3) is 0.909. The van der Waals surface area contributed by atoms with Crippen LogP contribution in [0.1, 0.15) is 27.2 Å². The second-order valence-electron chi connectivity index (χ2n) is 4.47. The zero-order valence-corrected chi connectivity index (χ0v) is 10.3. The number of amides is 1. The van der Waals surface area contributed by atoms with Crippen molar-refractivity contribution in [1.82, 2.24) is 15.1 Å². The van der Waals surface area contributed by atoms with E-state index in [4.69, 9.17) is 0 Å². The van der Waals surface area contributed by atoms with E-state index in [1.165, 1.54) is 0 Å². The molecule has 0 spiro atoms. The highest BCUT2D eigenvalue weighted by Gasteiger charge is 2.28. The normalized spacial score (nSPS) is 22.1. The molecule has 4 nitrogen and oxygen atoms in total. The standard InChI is InChI=1S/C11H23N3O/c1-5-10-12-8-11(15)14(10)7-6-13(4)9(2)3/h9-10,12H,5-8H2,1-4H3. The molecule has 0 radical (unpaired) electrons. The summed E-state index contributed by atoms with van der Waals surface area (Å²) in [5.41, 5.74) is 0. The molecule has 4 heteroatoms. The van der Waals surface area contributed by atoms with Crippen LogP contribution in [0, 0.1) is 0 Å². The van der Waals surface area contributed by atoms with Crippen LogP contribution in [0.3, 0.4) is 0 Å². The average molecular weight is 213 g/mol. The predicted molar refractivity (Wildman–Crippen MR) is 61.6 cm³/mol. The number of nitrogens with zero attached hydrogens (tertiary/aromatic N) is 2. The summed E-state index contributed by atoms with van der Waals surface area (Å²) in [7, 11) is 2.10. The Hall–Kier alpha value is -0.610. The zero-order valence-electron chi connectivity index (χ0n) is 10.3. The highest BCUT2D eigenvalue weighted by atomic mass is 16.2. The third-order valence-corrected chi connectivity index (χ3v) is 3.15. The Labute approximate surface area is 92.6 Å². The molecule has 88 valence electrons. The topological polar surface area (TPSA) is 35.6 Å². The third kappa shape index (κ3) is 3.18. The maximum Gasteiger partial charge on any atom is 0.237 e. The van der Waals surface area contributed by atoms with Gasteiger partial charge in [0.1, 0.15) is 0 Å². The summed E-state index contributed by atoms with van der Waals surface area (Å²) >= 11 is 0. The molecule has 1 N–H and O–H groups in total. The van der Waals surface area contributed by atoms with Gasteiger partial charge in [-0.1, -0.05) is 6.92 Å². The number of likely N-dealkylation sites (N-methyl/N-ethyl adjacent to an activating group) is 1.